The van der Waals surface area contributed by atoms with Crippen LogP contribution in [0.4, 0.5) is 0 Å². The number of rotatable bonds is 45. The summed E-state index contributed by atoms with van der Waals surface area (Å²) in [4.78, 5) is 37.7. The normalized spacial score (nSPS) is 13.8. The standard InChI is InChI=1S/C50H94NO8P/c1-6-8-10-12-14-16-18-20-22-24-25-27-29-31-33-35-37-39-41-43-50(53)59-48(47-58-60(54,55)57-45-44-51(3,4)5)46-56-49(52)42-40-38-36-34-32-30-28-26-23-21-19-17-15-13-11-9-7-2/h15,17,20-23,48H,6-14,16,18-19,24-47H2,1-5H3/b17-15-,22-20-,23-21-/t48-/m1/s1. The van der Waals surface area contributed by atoms with E-state index < -0.39 is 32.5 Å². The highest BCUT2D eigenvalue weighted by atomic mass is 31.2. The van der Waals surface area contributed by atoms with Gasteiger partial charge in [0, 0.05) is 12.8 Å². The number of carbonyl (C=O) groups excluding carboxylic acids is 2. The maximum Gasteiger partial charge on any atom is 0.306 e. The van der Waals surface area contributed by atoms with E-state index in [9.17, 15) is 19.0 Å². The molecule has 0 saturated heterocycles. The summed E-state index contributed by atoms with van der Waals surface area (Å²) >= 11 is 0. The average Bonchev–Trinajstić information content (AvgIpc) is 3.20. The van der Waals surface area contributed by atoms with Crippen LogP contribution in [-0.4, -0.2) is 70.0 Å². The summed E-state index contributed by atoms with van der Waals surface area (Å²) in [5.74, 6) is -0.840. The van der Waals surface area contributed by atoms with Crippen molar-refractivity contribution in [2.24, 2.45) is 0 Å². The largest absolute Gasteiger partial charge is 0.756 e. The molecule has 0 saturated carbocycles. The third-order valence-electron chi connectivity index (χ3n) is 10.6. The first-order chi connectivity index (χ1) is 29.0. The zero-order chi connectivity index (χ0) is 44.3. The Morgan fingerprint density at radius 3 is 1.37 bits per heavy atom. The molecular formula is C50H94NO8P. The average molecular weight is 868 g/mol. The Labute approximate surface area is 370 Å². The molecule has 0 heterocycles. The van der Waals surface area contributed by atoms with E-state index in [4.69, 9.17) is 18.5 Å². The minimum absolute atomic E-state index is 0.0323. The Kier molecular flexibility index (Phi) is 41.3. The Hall–Kier alpha value is -1.77. The molecule has 9 nitrogen and oxygen atoms in total. The predicted octanol–water partition coefficient (Wildman–Crippen LogP) is 13.8. The number of allylic oxidation sites excluding steroid dienone is 6. The highest BCUT2D eigenvalue weighted by Gasteiger charge is 2.21. The summed E-state index contributed by atoms with van der Waals surface area (Å²) in [6.45, 7) is 4.21. The summed E-state index contributed by atoms with van der Waals surface area (Å²) < 4.78 is 34.0. The molecular weight excluding hydrogens is 774 g/mol. The van der Waals surface area contributed by atoms with Gasteiger partial charge in [0.25, 0.3) is 7.82 Å². The van der Waals surface area contributed by atoms with Gasteiger partial charge in [0.1, 0.15) is 19.8 Å². The molecule has 0 aromatic heterocycles. The lowest BCUT2D eigenvalue weighted by Crippen LogP contribution is -2.37. The molecule has 0 radical (unpaired) electrons. The molecule has 0 N–H and O–H groups in total. The Morgan fingerprint density at radius 1 is 0.517 bits per heavy atom. The molecule has 2 atom stereocenters. The van der Waals surface area contributed by atoms with E-state index in [0.29, 0.717) is 17.4 Å². The van der Waals surface area contributed by atoms with Gasteiger partial charge in [0.2, 0.25) is 0 Å². The van der Waals surface area contributed by atoms with Crippen LogP contribution in [0.5, 0.6) is 0 Å². The van der Waals surface area contributed by atoms with Gasteiger partial charge in [-0.05, 0) is 70.6 Å². The number of quaternary nitrogens is 1. The second-order valence-corrected chi connectivity index (χ2v) is 19.2. The van der Waals surface area contributed by atoms with E-state index in [1.165, 1.54) is 128 Å². The van der Waals surface area contributed by atoms with Gasteiger partial charge in [0.15, 0.2) is 6.10 Å². The molecule has 0 aromatic rings. The van der Waals surface area contributed by atoms with E-state index in [2.05, 4.69) is 50.3 Å². The molecule has 0 aromatic carbocycles. The van der Waals surface area contributed by atoms with Crippen molar-refractivity contribution in [1.29, 1.82) is 0 Å². The number of hydrogen-bond donors (Lipinski definition) is 0. The third kappa shape index (κ3) is 45.7. The fraction of sp³-hybridized carbons (Fsp3) is 0.840. The summed E-state index contributed by atoms with van der Waals surface area (Å²) in [6.07, 6.45) is 48.8. The Morgan fingerprint density at radius 2 is 0.900 bits per heavy atom. The fourth-order valence-electron chi connectivity index (χ4n) is 6.74. The maximum atomic E-state index is 12.7. The molecule has 0 aliphatic heterocycles. The van der Waals surface area contributed by atoms with Crippen LogP contribution in [-0.2, 0) is 32.7 Å². The zero-order valence-electron chi connectivity index (χ0n) is 39.7. The molecule has 0 amide bonds. The number of esters is 2. The SMILES string of the molecule is CCCCC/C=C\C/C=C\CCCCCCCCCC(=O)OC[C@H](COP(=O)([O-])OCC[N+](C)(C)C)OC(=O)CCCCCCCCCCC/C=C\CCCCCCCC. The van der Waals surface area contributed by atoms with Gasteiger partial charge in [-0.2, -0.15) is 0 Å². The van der Waals surface area contributed by atoms with Gasteiger partial charge < -0.3 is 27.9 Å². The first kappa shape index (κ1) is 58.2. The van der Waals surface area contributed by atoms with Gasteiger partial charge in [-0.3, -0.25) is 14.2 Å². The maximum absolute atomic E-state index is 12.7. The summed E-state index contributed by atoms with van der Waals surface area (Å²) in [7, 11) is 1.16. The highest BCUT2D eigenvalue weighted by molar-refractivity contribution is 7.45. The molecule has 10 heteroatoms. The summed E-state index contributed by atoms with van der Waals surface area (Å²) in [5.41, 5.74) is 0. The van der Waals surface area contributed by atoms with Crippen LogP contribution in [0.1, 0.15) is 219 Å². The van der Waals surface area contributed by atoms with Crippen molar-refractivity contribution in [1.82, 2.24) is 0 Å². The zero-order valence-corrected chi connectivity index (χ0v) is 40.6. The van der Waals surface area contributed by atoms with E-state index in [1.807, 2.05) is 21.1 Å². The molecule has 0 bridgehead atoms. The van der Waals surface area contributed by atoms with Gasteiger partial charge in [-0.15, -0.1) is 0 Å². The lowest BCUT2D eigenvalue weighted by Gasteiger charge is -2.28. The Bertz CT molecular complexity index is 1120. The van der Waals surface area contributed by atoms with Crippen molar-refractivity contribution in [3.05, 3.63) is 36.5 Å². The van der Waals surface area contributed by atoms with Crippen molar-refractivity contribution in [3.8, 4) is 0 Å². The second-order valence-electron chi connectivity index (χ2n) is 17.8. The lowest BCUT2D eigenvalue weighted by atomic mass is 10.1. The smallest absolute Gasteiger partial charge is 0.306 e. The Balaban J connectivity index is 4.29. The minimum atomic E-state index is -4.63. The van der Waals surface area contributed by atoms with Crippen LogP contribution < -0.4 is 4.89 Å². The fourth-order valence-corrected chi connectivity index (χ4v) is 7.47. The van der Waals surface area contributed by atoms with Crippen LogP contribution in [0.3, 0.4) is 0 Å². The topological polar surface area (TPSA) is 111 Å². The first-order valence-electron chi connectivity index (χ1n) is 24.7. The number of phosphoric acid groups is 1. The van der Waals surface area contributed by atoms with Crippen molar-refractivity contribution < 1.29 is 42.1 Å². The van der Waals surface area contributed by atoms with E-state index in [1.54, 1.807) is 0 Å². The van der Waals surface area contributed by atoms with Crippen LogP contribution in [0.25, 0.3) is 0 Å². The van der Waals surface area contributed by atoms with Gasteiger partial charge in [-0.1, -0.05) is 172 Å². The number of phosphoric ester groups is 1. The van der Waals surface area contributed by atoms with Crippen LogP contribution in [0.15, 0.2) is 36.5 Å². The predicted molar refractivity (Wildman–Crippen MR) is 250 cm³/mol. The number of unbranched alkanes of at least 4 members (excludes halogenated alkanes) is 25. The summed E-state index contributed by atoms with van der Waals surface area (Å²) in [5, 5.41) is 0. The lowest BCUT2D eigenvalue weighted by molar-refractivity contribution is -0.870. The number of likely N-dealkylation sites (N-methyl/N-ethyl adjacent to an activating group) is 1. The van der Waals surface area contributed by atoms with Gasteiger partial charge >= 0.3 is 11.9 Å². The number of ether oxygens (including phenoxy) is 2. The molecule has 352 valence electrons. The number of carbonyl (C=O) groups is 2. The van der Waals surface area contributed by atoms with Crippen molar-refractivity contribution >= 4 is 19.8 Å². The quantitative estimate of drug-likeness (QED) is 0.0196. The summed E-state index contributed by atoms with van der Waals surface area (Å²) in [6, 6.07) is 0. The molecule has 60 heavy (non-hydrogen) atoms. The highest BCUT2D eigenvalue weighted by Crippen LogP contribution is 2.38. The monoisotopic (exact) mass is 868 g/mol. The molecule has 0 aliphatic carbocycles. The molecule has 0 aliphatic rings. The van der Waals surface area contributed by atoms with E-state index in [-0.39, 0.29) is 26.1 Å². The first-order valence-corrected chi connectivity index (χ1v) is 26.2. The van der Waals surface area contributed by atoms with Crippen LogP contribution in [0.2, 0.25) is 0 Å². The second kappa shape index (κ2) is 42.5. The third-order valence-corrected chi connectivity index (χ3v) is 11.6. The van der Waals surface area contributed by atoms with Crippen molar-refractivity contribution in [3.63, 3.8) is 0 Å². The molecule has 0 rings (SSSR count). The molecule has 0 fully saturated rings. The van der Waals surface area contributed by atoms with Crippen molar-refractivity contribution in [2.45, 2.75) is 225 Å². The molecule has 0 spiro atoms. The minimum Gasteiger partial charge on any atom is -0.756 e. The van der Waals surface area contributed by atoms with Crippen LogP contribution in [0, 0.1) is 0 Å². The van der Waals surface area contributed by atoms with Gasteiger partial charge in [0.05, 0.1) is 27.7 Å². The van der Waals surface area contributed by atoms with E-state index in [0.717, 1.165) is 57.8 Å². The van der Waals surface area contributed by atoms with E-state index >= 15 is 0 Å². The van der Waals surface area contributed by atoms with Gasteiger partial charge in [-0.25, -0.2) is 0 Å². The van der Waals surface area contributed by atoms with Crippen molar-refractivity contribution in [2.75, 3.05) is 47.5 Å². The number of nitrogens with zero attached hydrogens (tertiary/aromatic N) is 1. The number of hydrogen-bond acceptors (Lipinski definition) is 8. The van der Waals surface area contributed by atoms with Crippen LogP contribution >= 0.6 is 7.82 Å². The molecule has 1 unspecified atom stereocenters.